The van der Waals surface area contributed by atoms with E-state index in [2.05, 4.69) is 12.2 Å². The first-order chi connectivity index (χ1) is 9.58. The fraction of sp³-hybridized carbons (Fsp3) is 0.375. The molecule has 1 aromatic rings. The molecule has 3 aliphatic rings. The molecule has 2 amide bonds. The third kappa shape index (κ3) is 1.41. The monoisotopic (exact) mass is 287 g/mol. The van der Waals surface area contributed by atoms with Crippen molar-refractivity contribution in [1.82, 2.24) is 0 Å². The quantitative estimate of drug-likeness (QED) is 0.588. The first-order valence-corrected chi connectivity index (χ1v) is 7.28. The molecule has 3 nitrogen and oxygen atoms in total. The van der Waals surface area contributed by atoms with Gasteiger partial charge in [0.2, 0.25) is 11.8 Å². The van der Waals surface area contributed by atoms with Crippen LogP contribution >= 0.6 is 11.6 Å². The topological polar surface area (TPSA) is 37.4 Å². The van der Waals surface area contributed by atoms with Crippen LogP contribution in [0.1, 0.15) is 12.0 Å². The summed E-state index contributed by atoms with van der Waals surface area (Å²) in [6, 6.07) is 5.29. The summed E-state index contributed by atoms with van der Waals surface area (Å²) in [6.45, 7) is 1.88. The summed E-state index contributed by atoms with van der Waals surface area (Å²) in [6.07, 6.45) is 5.17. The van der Waals surface area contributed by atoms with Gasteiger partial charge in [-0.1, -0.05) is 23.8 Å². The lowest BCUT2D eigenvalue weighted by atomic mass is 9.85. The van der Waals surface area contributed by atoms with E-state index in [9.17, 15) is 9.59 Å². The van der Waals surface area contributed by atoms with Gasteiger partial charge in [0, 0.05) is 5.02 Å². The molecule has 4 atom stereocenters. The number of allylic oxidation sites excluding steroid dienone is 2. The molecule has 2 fully saturated rings. The summed E-state index contributed by atoms with van der Waals surface area (Å²) in [7, 11) is 0. The zero-order chi connectivity index (χ0) is 14.0. The summed E-state index contributed by atoms with van der Waals surface area (Å²) in [4.78, 5) is 26.7. The van der Waals surface area contributed by atoms with Gasteiger partial charge in [-0.15, -0.1) is 0 Å². The maximum Gasteiger partial charge on any atom is 0.238 e. The molecule has 2 aliphatic carbocycles. The summed E-state index contributed by atoms with van der Waals surface area (Å²) < 4.78 is 0. The maximum atomic E-state index is 12.7. The molecule has 1 saturated carbocycles. The number of benzene rings is 1. The van der Waals surface area contributed by atoms with Crippen molar-refractivity contribution in [3.05, 3.63) is 40.9 Å². The molecule has 1 aromatic carbocycles. The highest BCUT2D eigenvalue weighted by Crippen LogP contribution is 2.53. The van der Waals surface area contributed by atoms with E-state index < -0.39 is 0 Å². The van der Waals surface area contributed by atoms with Crippen LogP contribution in [-0.4, -0.2) is 11.8 Å². The molecule has 20 heavy (non-hydrogen) atoms. The predicted octanol–water partition coefficient (Wildman–Crippen LogP) is 2.96. The van der Waals surface area contributed by atoms with Gasteiger partial charge < -0.3 is 0 Å². The Balaban J connectivity index is 1.78. The first kappa shape index (κ1) is 12.2. The Morgan fingerprint density at radius 1 is 1.10 bits per heavy atom. The van der Waals surface area contributed by atoms with E-state index in [0.29, 0.717) is 10.7 Å². The number of amides is 2. The summed E-state index contributed by atoms with van der Waals surface area (Å²) >= 11 is 5.95. The average Bonchev–Trinajstić information content (AvgIpc) is 3.06. The van der Waals surface area contributed by atoms with Gasteiger partial charge in [0.15, 0.2) is 0 Å². The second-order valence-electron chi connectivity index (χ2n) is 5.94. The van der Waals surface area contributed by atoms with Crippen LogP contribution in [0.5, 0.6) is 0 Å². The standard InChI is InChI=1S/C16H14ClNO2/c1-8-6-11(17)4-5-12(8)18-15(19)13-9-2-3-10(7-9)14(13)16(18)20/h2-6,9-10,13-14H,7H2,1H3/t9-,10-,13-,14+/m0/s1. The zero-order valence-corrected chi connectivity index (χ0v) is 11.8. The van der Waals surface area contributed by atoms with Crippen molar-refractivity contribution in [3.8, 4) is 0 Å². The minimum atomic E-state index is -0.146. The Labute approximate surface area is 122 Å². The fourth-order valence-electron chi connectivity index (χ4n) is 4.01. The Bertz CT molecular complexity index is 636. The van der Waals surface area contributed by atoms with Crippen LogP contribution < -0.4 is 4.90 Å². The van der Waals surface area contributed by atoms with Crippen molar-refractivity contribution in [2.45, 2.75) is 13.3 Å². The summed E-state index contributed by atoms with van der Waals surface area (Å²) in [5.74, 6) is 0.128. The number of nitrogens with zero attached hydrogens (tertiary/aromatic N) is 1. The van der Waals surface area contributed by atoms with Crippen molar-refractivity contribution in [3.63, 3.8) is 0 Å². The number of fused-ring (bicyclic) bond motifs is 5. The Morgan fingerprint density at radius 2 is 1.70 bits per heavy atom. The normalized spacial score (nSPS) is 34.2. The van der Waals surface area contributed by atoms with Crippen LogP contribution in [0.15, 0.2) is 30.4 Å². The van der Waals surface area contributed by atoms with E-state index in [1.54, 1.807) is 18.2 Å². The molecular formula is C16H14ClNO2. The maximum absolute atomic E-state index is 12.7. The third-order valence-electron chi connectivity index (χ3n) is 4.87. The predicted molar refractivity (Wildman–Crippen MR) is 76.4 cm³/mol. The van der Waals surface area contributed by atoms with E-state index in [1.807, 2.05) is 6.92 Å². The fourth-order valence-corrected chi connectivity index (χ4v) is 4.24. The molecule has 0 aromatic heterocycles. The van der Waals surface area contributed by atoms with Crippen molar-refractivity contribution in [2.24, 2.45) is 23.7 Å². The largest absolute Gasteiger partial charge is 0.274 e. The third-order valence-corrected chi connectivity index (χ3v) is 5.11. The van der Waals surface area contributed by atoms with Crippen LogP contribution in [0.25, 0.3) is 0 Å². The van der Waals surface area contributed by atoms with E-state index >= 15 is 0 Å². The molecule has 1 heterocycles. The molecule has 0 radical (unpaired) electrons. The number of halogens is 1. The number of carbonyl (C=O) groups is 2. The van der Waals surface area contributed by atoms with Gasteiger partial charge >= 0.3 is 0 Å². The average molecular weight is 288 g/mol. The number of imide groups is 1. The van der Waals surface area contributed by atoms with Crippen LogP contribution in [0.4, 0.5) is 5.69 Å². The second-order valence-corrected chi connectivity index (χ2v) is 6.38. The first-order valence-electron chi connectivity index (χ1n) is 6.90. The number of carbonyl (C=O) groups excluding carboxylic acids is 2. The summed E-state index contributed by atoms with van der Waals surface area (Å²) in [5.41, 5.74) is 1.54. The minimum absolute atomic E-state index is 0.0396. The highest BCUT2D eigenvalue weighted by atomic mass is 35.5. The highest BCUT2D eigenvalue weighted by Gasteiger charge is 2.59. The van der Waals surface area contributed by atoms with E-state index in [-0.39, 0.29) is 35.5 Å². The van der Waals surface area contributed by atoms with Crippen LogP contribution in [0.3, 0.4) is 0 Å². The molecule has 4 heteroatoms. The van der Waals surface area contributed by atoms with Gasteiger partial charge in [-0.05, 0) is 48.9 Å². The van der Waals surface area contributed by atoms with Crippen LogP contribution in [0.2, 0.25) is 5.02 Å². The van der Waals surface area contributed by atoms with Crippen molar-refractivity contribution in [1.29, 1.82) is 0 Å². The number of aryl methyl sites for hydroxylation is 1. The molecular weight excluding hydrogens is 274 g/mol. The van der Waals surface area contributed by atoms with E-state index in [1.165, 1.54) is 4.90 Å². The SMILES string of the molecule is Cc1cc(Cl)ccc1N1C(=O)[C@@H]2[C@H](C1=O)[C@H]1C=C[C@H]2C1. The Kier molecular flexibility index (Phi) is 2.40. The lowest BCUT2D eigenvalue weighted by Crippen LogP contribution is -2.33. The molecule has 102 valence electrons. The van der Waals surface area contributed by atoms with Crippen LogP contribution in [0, 0.1) is 30.6 Å². The zero-order valence-electron chi connectivity index (χ0n) is 11.0. The second kappa shape index (κ2) is 3.95. The molecule has 4 rings (SSSR count). The number of hydrogen-bond acceptors (Lipinski definition) is 2. The molecule has 2 bridgehead atoms. The Morgan fingerprint density at radius 3 is 2.25 bits per heavy atom. The lowest BCUT2D eigenvalue weighted by molar-refractivity contribution is -0.123. The molecule has 0 spiro atoms. The van der Waals surface area contributed by atoms with Gasteiger partial charge in [-0.2, -0.15) is 0 Å². The Hall–Kier alpha value is -1.61. The van der Waals surface area contributed by atoms with Crippen molar-refractivity contribution >= 4 is 29.1 Å². The van der Waals surface area contributed by atoms with Gasteiger partial charge in [-0.3, -0.25) is 9.59 Å². The van der Waals surface area contributed by atoms with Gasteiger partial charge in [-0.25, -0.2) is 4.90 Å². The van der Waals surface area contributed by atoms with E-state index in [0.717, 1.165) is 12.0 Å². The van der Waals surface area contributed by atoms with Crippen LogP contribution in [-0.2, 0) is 9.59 Å². The van der Waals surface area contributed by atoms with Crippen molar-refractivity contribution < 1.29 is 9.59 Å². The molecule has 1 aliphatic heterocycles. The van der Waals surface area contributed by atoms with Crippen molar-refractivity contribution in [2.75, 3.05) is 4.90 Å². The number of rotatable bonds is 1. The number of anilines is 1. The molecule has 0 unspecified atom stereocenters. The van der Waals surface area contributed by atoms with Gasteiger partial charge in [0.25, 0.3) is 0 Å². The number of hydrogen-bond donors (Lipinski definition) is 0. The smallest absolute Gasteiger partial charge is 0.238 e. The molecule has 0 N–H and O–H groups in total. The lowest BCUT2D eigenvalue weighted by Gasteiger charge is -2.19. The summed E-state index contributed by atoms with van der Waals surface area (Å²) in [5, 5.41) is 0.618. The van der Waals surface area contributed by atoms with E-state index in [4.69, 9.17) is 11.6 Å². The minimum Gasteiger partial charge on any atom is -0.274 e. The van der Waals surface area contributed by atoms with Gasteiger partial charge in [0.05, 0.1) is 17.5 Å². The highest BCUT2D eigenvalue weighted by molar-refractivity contribution is 6.31. The molecule has 1 saturated heterocycles. The van der Waals surface area contributed by atoms with Gasteiger partial charge in [0.1, 0.15) is 0 Å².